The van der Waals surface area contributed by atoms with Crippen LogP contribution >= 0.6 is 0 Å². The lowest BCUT2D eigenvalue weighted by Gasteiger charge is -2.11. The van der Waals surface area contributed by atoms with Crippen molar-refractivity contribution in [3.63, 3.8) is 0 Å². The first-order chi connectivity index (χ1) is 8.15. The molecule has 5 nitrogen and oxygen atoms in total. The number of nitro groups is 1. The van der Waals surface area contributed by atoms with Crippen LogP contribution in [0.25, 0.3) is 0 Å². The first-order valence-electron chi connectivity index (χ1n) is 5.70. The highest BCUT2D eigenvalue weighted by Crippen LogP contribution is 2.19. The van der Waals surface area contributed by atoms with Crippen molar-refractivity contribution in [2.24, 2.45) is 5.73 Å². The third-order valence-electron chi connectivity index (χ3n) is 2.51. The molecule has 0 saturated carbocycles. The Morgan fingerprint density at radius 2 is 2.18 bits per heavy atom. The summed E-state index contributed by atoms with van der Waals surface area (Å²) in [5.74, 6) is 0. The molecule has 1 aromatic carbocycles. The van der Waals surface area contributed by atoms with E-state index < -0.39 is 0 Å². The van der Waals surface area contributed by atoms with Crippen LogP contribution < -0.4 is 5.73 Å². The van der Waals surface area contributed by atoms with Crippen molar-refractivity contribution in [1.82, 2.24) is 0 Å². The largest absolute Gasteiger partial charge is 0.382 e. The predicted octanol–water partition coefficient (Wildman–Crippen LogP) is 1.89. The van der Waals surface area contributed by atoms with Gasteiger partial charge in [0.1, 0.15) is 0 Å². The molecule has 1 rings (SSSR count). The van der Waals surface area contributed by atoms with Gasteiger partial charge in [-0.3, -0.25) is 10.1 Å². The zero-order valence-electron chi connectivity index (χ0n) is 9.96. The van der Waals surface area contributed by atoms with E-state index in [0.717, 1.165) is 0 Å². The SMILES string of the molecule is CCOCCC(N)Cc1ccccc1[N+](=O)[O-]. The number of rotatable bonds is 7. The third kappa shape index (κ3) is 4.50. The quantitative estimate of drug-likeness (QED) is 0.447. The van der Waals surface area contributed by atoms with E-state index in [-0.39, 0.29) is 16.7 Å². The molecule has 1 atom stereocenters. The second-order valence-corrected chi connectivity index (χ2v) is 3.84. The normalized spacial score (nSPS) is 12.4. The van der Waals surface area contributed by atoms with Crippen molar-refractivity contribution in [1.29, 1.82) is 0 Å². The molecule has 0 aromatic heterocycles. The molecule has 0 aliphatic heterocycles. The van der Waals surface area contributed by atoms with Gasteiger partial charge in [0.2, 0.25) is 0 Å². The van der Waals surface area contributed by atoms with E-state index in [1.54, 1.807) is 18.2 Å². The van der Waals surface area contributed by atoms with Gasteiger partial charge in [0.15, 0.2) is 0 Å². The number of ether oxygens (including phenoxy) is 1. The average Bonchev–Trinajstić information content (AvgIpc) is 2.29. The Morgan fingerprint density at radius 3 is 2.82 bits per heavy atom. The lowest BCUT2D eigenvalue weighted by Crippen LogP contribution is -2.25. The number of nitrogens with zero attached hydrogens (tertiary/aromatic N) is 1. The summed E-state index contributed by atoms with van der Waals surface area (Å²) in [6.07, 6.45) is 1.21. The molecule has 0 spiro atoms. The highest BCUT2D eigenvalue weighted by atomic mass is 16.6. The summed E-state index contributed by atoms with van der Waals surface area (Å²) in [4.78, 5) is 10.4. The maximum absolute atomic E-state index is 10.8. The maximum Gasteiger partial charge on any atom is 0.272 e. The van der Waals surface area contributed by atoms with Gasteiger partial charge in [-0.1, -0.05) is 18.2 Å². The summed E-state index contributed by atoms with van der Waals surface area (Å²) in [5, 5.41) is 10.8. The Labute approximate surface area is 101 Å². The number of benzene rings is 1. The van der Waals surface area contributed by atoms with Gasteiger partial charge in [-0.2, -0.15) is 0 Å². The van der Waals surface area contributed by atoms with Crippen LogP contribution in [-0.2, 0) is 11.2 Å². The molecule has 0 heterocycles. The highest BCUT2D eigenvalue weighted by Gasteiger charge is 2.14. The van der Waals surface area contributed by atoms with Crippen LogP contribution in [0.2, 0.25) is 0 Å². The molecule has 2 N–H and O–H groups in total. The maximum atomic E-state index is 10.8. The molecule has 17 heavy (non-hydrogen) atoms. The number of nitrogens with two attached hydrogens (primary N) is 1. The fourth-order valence-corrected chi connectivity index (χ4v) is 1.63. The fraction of sp³-hybridized carbons (Fsp3) is 0.500. The van der Waals surface area contributed by atoms with Gasteiger partial charge in [0.25, 0.3) is 5.69 Å². The van der Waals surface area contributed by atoms with E-state index in [9.17, 15) is 10.1 Å². The Balaban J connectivity index is 2.58. The molecule has 0 bridgehead atoms. The van der Waals surface area contributed by atoms with Gasteiger partial charge in [0.05, 0.1) is 4.92 Å². The van der Waals surface area contributed by atoms with Gasteiger partial charge in [0, 0.05) is 30.9 Å². The standard InChI is InChI=1S/C12H18N2O3/c1-2-17-8-7-11(13)9-10-5-3-4-6-12(10)14(15)16/h3-6,11H,2,7-9,13H2,1H3. The van der Waals surface area contributed by atoms with Crippen LogP contribution in [0.4, 0.5) is 5.69 Å². The molecule has 5 heteroatoms. The smallest absolute Gasteiger partial charge is 0.272 e. The van der Waals surface area contributed by atoms with Crippen LogP contribution in [0, 0.1) is 10.1 Å². The first-order valence-corrected chi connectivity index (χ1v) is 5.70. The third-order valence-corrected chi connectivity index (χ3v) is 2.51. The van der Waals surface area contributed by atoms with Gasteiger partial charge in [-0.25, -0.2) is 0 Å². The monoisotopic (exact) mass is 238 g/mol. The van der Waals surface area contributed by atoms with Crippen molar-refractivity contribution in [2.75, 3.05) is 13.2 Å². The van der Waals surface area contributed by atoms with Crippen molar-refractivity contribution >= 4 is 5.69 Å². The molecule has 94 valence electrons. The Morgan fingerprint density at radius 1 is 1.47 bits per heavy atom. The minimum Gasteiger partial charge on any atom is -0.382 e. The second kappa shape index (κ2) is 6.98. The molecule has 0 fully saturated rings. The van der Waals surface area contributed by atoms with E-state index in [2.05, 4.69) is 0 Å². The van der Waals surface area contributed by atoms with E-state index in [1.807, 2.05) is 6.92 Å². The summed E-state index contributed by atoms with van der Waals surface area (Å²) in [7, 11) is 0. The van der Waals surface area contributed by atoms with Gasteiger partial charge in [-0.05, 0) is 19.8 Å². The van der Waals surface area contributed by atoms with E-state index in [0.29, 0.717) is 31.6 Å². The van der Waals surface area contributed by atoms with Crippen molar-refractivity contribution in [3.8, 4) is 0 Å². The Bertz CT molecular complexity index is 369. The summed E-state index contributed by atoms with van der Waals surface area (Å²) in [5.41, 5.74) is 6.73. The zero-order valence-corrected chi connectivity index (χ0v) is 9.96. The number of para-hydroxylation sites is 1. The topological polar surface area (TPSA) is 78.4 Å². The van der Waals surface area contributed by atoms with Crippen LogP contribution in [0.1, 0.15) is 18.9 Å². The van der Waals surface area contributed by atoms with Crippen molar-refractivity contribution in [3.05, 3.63) is 39.9 Å². The molecular formula is C12H18N2O3. The highest BCUT2D eigenvalue weighted by molar-refractivity contribution is 5.40. The Hall–Kier alpha value is -1.46. The van der Waals surface area contributed by atoms with Crippen LogP contribution in [0.15, 0.2) is 24.3 Å². The average molecular weight is 238 g/mol. The summed E-state index contributed by atoms with van der Waals surface area (Å²) in [6, 6.07) is 6.59. The lowest BCUT2D eigenvalue weighted by atomic mass is 10.0. The molecule has 0 aliphatic rings. The molecule has 0 aliphatic carbocycles. The van der Waals surface area contributed by atoms with Crippen LogP contribution in [0.3, 0.4) is 0 Å². The predicted molar refractivity (Wildman–Crippen MR) is 65.9 cm³/mol. The number of hydrogen-bond donors (Lipinski definition) is 1. The lowest BCUT2D eigenvalue weighted by molar-refractivity contribution is -0.385. The van der Waals surface area contributed by atoms with Gasteiger partial charge >= 0.3 is 0 Å². The molecular weight excluding hydrogens is 220 g/mol. The molecule has 0 radical (unpaired) electrons. The number of hydrogen-bond acceptors (Lipinski definition) is 4. The first kappa shape index (κ1) is 13.6. The summed E-state index contributed by atoms with van der Waals surface area (Å²) >= 11 is 0. The summed E-state index contributed by atoms with van der Waals surface area (Å²) in [6.45, 7) is 3.18. The molecule has 1 aromatic rings. The zero-order chi connectivity index (χ0) is 12.7. The minimum atomic E-state index is -0.370. The van der Waals surface area contributed by atoms with Gasteiger partial charge in [-0.15, -0.1) is 0 Å². The summed E-state index contributed by atoms with van der Waals surface area (Å²) < 4.78 is 5.21. The second-order valence-electron chi connectivity index (χ2n) is 3.84. The Kier molecular flexibility index (Phi) is 5.59. The molecule has 0 saturated heterocycles. The van der Waals surface area contributed by atoms with Crippen LogP contribution in [0.5, 0.6) is 0 Å². The molecule has 0 amide bonds. The van der Waals surface area contributed by atoms with E-state index >= 15 is 0 Å². The van der Waals surface area contributed by atoms with Crippen LogP contribution in [-0.4, -0.2) is 24.2 Å². The number of nitro benzene ring substituents is 1. The van der Waals surface area contributed by atoms with E-state index in [4.69, 9.17) is 10.5 Å². The molecule has 1 unspecified atom stereocenters. The fourth-order valence-electron chi connectivity index (χ4n) is 1.63. The van der Waals surface area contributed by atoms with Gasteiger partial charge < -0.3 is 10.5 Å². The van der Waals surface area contributed by atoms with E-state index in [1.165, 1.54) is 6.07 Å². The van der Waals surface area contributed by atoms with Crippen molar-refractivity contribution < 1.29 is 9.66 Å². The minimum absolute atomic E-state index is 0.109. The van der Waals surface area contributed by atoms with Crippen molar-refractivity contribution in [2.45, 2.75) is 25.8 Å².